The second-order valence-corrected chi connectivity index (χ2v) is 3.47. The van der Waals surface area contributed by atoms with Crippen molar-refractivity contribution in [3.8, 4) is 0 Å². The van der Waals surface area contributed by atoms with Crippen molar-refractivity contribution in [1.82, 2.24) is 0 Å². The van der Waals surface area contributed by atoms with Crippen LogP contribution in [0.15, 0.2) is 12.2 Å². The van der Waals surface area contributed by atoms with Crippen molar-refractivity contribution in [2.75, 3.05) is 13.2 Å². The first-order valence-electron chi connectivity index (χ1n) is 3.12. The normalized spacial score (nSPS) is 10.7. The Morgan fingerprint density at radius 1 is 1.58 bits per heavy atom. The third-order valence-corrected chi connectivity index (χ3v) is 1.54. The van der Waals surface area contributed by atoms with Gasteiger partial charge >= 0.3 is 13.3 Å². The van der Waals surface area contributed by atoms with Crippen LogP contribution in [0.2, 0.25) is 0 Å². The van der Waals surface area contributed by atoms with Crippen LogP contribution in [0.5, 0.6) is 0 Å². The Morgan fingerprint density at radius 3 is 2.58 bits per heavy atom. The zero-order valence-electron chi connectivity index (χ0n) is 6.58. The maximum atomic E-state index is 10.7. The zero-order valence-corrected chi connectivity index (χ0v) is 8.23. The molecule has 0 aliphatic carbocycles. The van der Waals surface area contributed by atoms with Gasteiger partial charge in [0.05, 0.1) is 0 Å². The lowest BCUT2D eigenvalue weighted by molar-refractivity contribution is -0.139. The largest absolute Gasteiger partial charge is 0.633 e. The fourth-order valence-electron chi connectivity index (χ4n) is 0.367. The van der Waals surface area contributed by atoms with E-state index in [1.165, 1.54) is 6.92 Å². The van der Waals surface area contributed by atoms with Gasteiger partial charge in [0.2, 0.25) is 11.2 Å². The van der Waals surface area contributed by atoms with E-state index >= 15 is 0 Å². The summed E-state index contributed by atoms with van der Waals surface area (Å²) in [5.41, 5.74) is 0.310. The van der Waals surface area contributed by atoms with Crippen LogP contribution in [-0.4, -0.2) is 19.2 Å². The van der Waals surface area contributed by atoms with Crippen molar-refractivity contribution in [1.29, 1.82) is 0 Å². The van der Waals surface area contributed by atoms with E-state index in [0.717, 1.165) is 0 Å². The first kappa shape index (κ1) is 11.6. The average molecular weight is 212 g/mol. The molecule has 1 unspecified atom stereocenters. The van der Waals surface area contributed by atoms with Gasteiger partial charge in [0.25, 0.3) is 0 Å². The Morgan fingerprint density at radius 2 is 2.17 bits per heavy atom. The van der Waals surface area contributed by atoms with E-state index in [9.17, 15) is 9.36 Å². The topological polar surface area (TPSA) is 52.6 Å². The summed E-state index contributed by atoms with van der Waals surface area (Å²) in [7, 11) is -2.14. The number of halogens is 1. The minimum Gasteiger partial charge on any atom is -0.460 e. The van der Waals surface area contributed by atoms with Gasteiger partial charge in [-0.3, -0.25) is 0 Å². The molecular weight excluding hydrogens is 202 g/mol. The Hall–Kier alpha value is -0.440. The van der Waals surface area contributed by atoms with Crippen LogP contribution < -0.4 is 0 Å². The fraction of sp³-hybridized carbons (Fsp3) is 0.500. The highest BCUT2D eigenvalue weighted by Gasteiger charge is 2.12. The Bertz CT molecular complexity index is 204. The monoisotopic (exact) mass is 211 g/mol. The van der Waals surface area contributed by atoms with Crippen LogP contribution in [0.25, 0.3) is 0 Å². The molecule has 0 saturated carbocycles. The number of rotatable bonds is 5. The van der Waals surface area contributed by atoms with Gasteiger partial charge in [-0.2, -0.15) is 0 Å². The molecular formula is C6H9ClO4P+. The first-order valence-corrected chi connectivity index (χ1v) is 5.21. The summed E-state index contributed by atoms with van der Waals surface area (Å²) in [6, 6.07) is 0. The van der Waals surface area contributed by atoms with Gasteiger partial charge in [-0.15, -0.1) is 4.52 Å². The van der Waals surface area contributed by atoms with E-state index in [1.54, 1.807) is 0 Å². The van der Waals surface area contributed by atoms with Gasteiger partial charge in [0, 0.05) is 5.57 Å². The lowest BCUT2D eigenvalue weighted by Gasteiger charge is -1.99. The van der Waals surface area contributed by atoms with Gasteiger partial charge < -0.3 is 4.74 Å². The third kappa shape index (κ3) is 6.28. The number of hydrogen-bond acceptors (Lipinski definition) is 4. The quantitative estimate of drug-likeness (QED) is 0.302. The van der Waals surface area contributed by atoms with Gasteiger partial charge in [-0.1, -0.05) is 6.58 Å². The summed E-state index contributed by atoms with van der Waals surface area (Å²) >= 11 is 4.98. The molecule has 0 heterocycles. The Balaban J connectivity index is 3.38. The van der Waals surface area contributed by atoms with Crippen LogP contribution in [-0.2, 0) is 18.6 Å². The van der Waals surface area contributed by atoms with Gasteiger partial charge in [0.15, 0.2) is 0 Å². The molecule has 6 heteroatoms. The van der Waals surface area contributed by atoms with Crippen LogP contribution in [0.4, 0.5) is 0 Å². The molecule has 0 radical (unpaired) electrons. The third-order valence-electron chi connectivity index (χ3n) is 0.858. The smallest absolute Gasteiger partial charge is 0.460 e. The molecule has 0 aromatic carbocycles. The van der Waals surface area contributed by atoms with E-state index in [1.807, 2.05) is 0 Å². The van der Waals surface area contributed by atoms with E-state index in [-0.39, 0.29) is 13.2 Å². The lowest BCUT2D eigenvalue weighted by Crippen LogP contribution is -2.09. The predicted octanol–water partition coefficient (Wildman–Crippen LogP) is 2.02. The minimum atomic E-state index is -2.14. The standard InChI is InChI=1S/C6H9ClO4P/c1-5(2)6(8)10-3-4-11-12(7)9/h1,3-4H2,2H3/q+1. The highest BCUT2D eigenvalue weighted by molar-refractivity contribution is 7.69. The molecule has 0 rings (SSSR count). The maximum absolute atomic E-state index is 10.7. The molecule has 0 amide bonds. The van der Waals surface area contributed by atoms with Gasteiger partial charge in [0.1, 0.15) is 13.2 Å². The highest BCUT2D eigenvalue weighted by atomic mass is 35.7. The molecule has 0 fully saturated rings. The Kier molecular flexibility index (Phi) is 5.89. The van der Waals surface area contributed by atoms with Crippen LogP contribution in [0.3, 0.4) is 0 Å². The number of carbonyl (C=O) groups is 1. The van der Waals surface area contributed by atoms with Crippen molar-refractivity contribution in [3.05, 3.63) is 12.2 Å². The summed E-state index contributed by atoms with van der Waals surface area (Å²) in [5.74, 6) is -0.497. The minimum absolute atomic E-state index is 0.0255. The molecule has 68 valence electrons. The average Bonchev–Trinajstić information content (AvgIpc) is 1.97. The Labute approximate surface area is 76.1 Å². The molecule has 12 heavy (non-hydrogen) atoms. The van der Waals surface area contributed by atoms with E-state index in [2.05, 4.69) is 15.8 Å². The predicted molar refractivity (Wildman–Crippen MR) is 45.2 cm³/mol. The number of hydrogen-bond donors (Lipinski definition) is 0. The molecule has 0 saturated heterocycles. The maximum Gasteiger partial charge on any atom is 0.633 e. The van der Waals surface area contributed by atoms with Crippen molar-refractivity contribution in [2.24, 2.45) is 0 Å². The lowest BCUT2D eigenvalue weighted by atomic mass is 10.4. The van der Waals surface area contributed by atoms with Crippen LogP contribution in [0.1, 0.15) is 6.92 Å². The molecule has 0 aliphatic heterocycles. The first-order chi connectivity index (χ1) is 5.54. The van der Waals surface area contributed by atoms with Crippen LogP contribution in [0, 0.1) is 0 Å². The molecule has 0 aliphatic rings. The summed E-state index contributed by atoms with van der Waals surface area (Å²) in [4.78, 5) is 10.7. The van der Waals surface area contributed by atoms with Crippen molar-refractivity contribution in [3.63, 3.8) is 0 Å². The summed E-state index contributed by atoms with van der Waals surface area (Å²) in [6.45, 7) is 4.96. The van der Waals surface area contributed by atoms with E-state index in [4.69, 9.17) is 11.2 Å². The summed E-state index contributed by atoms with van der Waals surface area (Å²) < 4.78 is 19.2. The van der Waals surface area contributed by atoms with Gasteiger partial charge in [-0.25, -0.2) is 4.79 Å². The zero-order chi connectivity index (χ0) is 9.56. The van der Waals surface area contributed by atoms with Gasteiger partial charge in [-0.05, 0) is 11.5 Å². The summed E-state index contributed by atoms with van der Waals surface area (Å²) in [5, 5.41) is 0. The molecule has 0 aromatic rings. The van der Waals surface area contributed by atoms with Crippen molar-refractivity contribution in [2.45, 2.75) is 6.92 Å². The van der Waals surface area contributed by atoms with E-state index < -0.39 is 13.3 Å². The van der Waals surface area contributed by atoms with Crippen LogP contribution >= 0.6 is 18.6 Å². The van der Waals surface area contributed by atoms with Crippen molar-refractivity contribution < 1.29 is 18.6 Å². The number of esters is 1. The molecule has 4 nitrogen and oxygen atoms in total. The second kappa shape index (κ2) is 6.12. The molecule has 0 spiro atoms. The molecule has 0 aromatic heterocycles. The number of carbonyl (C=O) groups excluding carboxylic acids is 1. The highest BCUT2D eigenvalue weighted by Crippen LogP contribution is 2.26. The SMILES string of the molecule is C=C(C)C(=O)OCCO[P+](=O)Cl. The second-order valence-electron chi connectivity index (χ2n) is 1.96. The van der Waals surface area contributed by atoms with E-state index in [0.29, 0.717) is 5.57 Å². The molecule has 0 N–H and O–H groups in total. The summed E-state index contributed by atoms with van der Waals surface area (Å²) in [6.07, 6.45) is 0. The molecule has 0 bridgehead atoms. The van der Waals surface area contributed by atoms with Crippen molar-refractivity contribution >= 4 is 24.6 Å². The molecule has 1 atom stereocenters. The fourth-order valence-corrected chi connectivity index (χ4v) is 0.792. The number of ether oxygens (including phenoxy) is 1.